The van der Waals surface area contributed by atoms with Crippen LogP contribution in [0.4, 0.5) is 0 Å². The van der Waals surface area contributed by atoms with E-state index in [2.05, 4.69) is 20.8 Å². The summed E-state index contributed by atoms with van der Waals surface area (Å²) in [5.41, 5.74) is 0. The highest BCUT2D eigenvalue weighted by molar-refractivity contribution is 5.78. The lowest BCUT2D eigenvalue weighted by atomic mass is 9.76. The van der Waals surface area contributed by atoms with Crippen molar-refractivity contribution in [1.29, 1.82) is 0 Å². The zero-order valence-corrected chi connectivity index (χ0v) is 14.8. The number of ketones is 1. The van der Waals surface area contributed by atoms with Gasteiger partial charge in [0.05, 0.1) is 0 Å². The summed E-state index contributed by atoms with van der Waals surface area (Å²) in [5.74, 6) is 1.51. The first-order valence-corrected chi connectivity index (χ1v) is 8.75. The summed E-state index contributed by atoms with van der Waals surface area (Å²) in [6.07, 6.45) is 8.49. The number of rotatable bonds is 6. The molecule has 0 radical (unpaired) electrons. The maximum absolute atomic E-state index is 11.2. The Labute approximate surface area is 127 Å². The van der Waals surface area contributed by atoms with E-state index in [0.717, 1.165) is 32.5 Å². The summed E-state index contributed by atoms with van der Waals surface area (Å²) in [6.45, 7) is 14.0. The molecule has 0 N–H and O–H groups in total. The van der Waals surface area contributed by atoms with Crippen LogP contribution in [0.5, 0.6) is 0 Å². The molecule has 1 fully saturated rings. The number of ether oxygens (including phenoxy) is 1. The average molecular weight is 286 g/mol. The molecule has 0 aromatic heterocycles. The first kappa shape index (κ1) is 21.9. The predicted molar refractivity (Wildman–Crippen MR) is 89.2 cm³/mol. The zero-order chi connectivity index (χ0) is 15.8. The minimum Gasteiger partial charge on any atom is -0.381 e. The topological polar surface area (TPSA) is 26.3 Å². The van der Waals surface area contributed by atoms with Gasteiger partial charge in [0.2, 0.25) is 0 Å². The Bertz CT molecular complexity index is 198. The number of hydrogen-bond donors (Lipinski definition) is 0. The molecule has 122 valence electrons. The van der Waals surface area contributed by atoms with Crippen LogP contribution in [0.2, 0.25) is 0 Å². The Morgan fingerprint density at radius 2 is 1.50 bits per heavy atom. The first-order valence-electron chi connectivity index (χ1n) is 8.75. The Kier molecular flexibility index (Phi) is 18.3. The van der Waals surface area contributed by atoms with E-state index in [1.807, 2.05) is 13.8 Å². The molecule has 0 aliphatic heterocycles. The Morgan fingerprint density at radius 3 is 1.85 bits per heavy atom. The molecule has 2 heteroatoms. The van der Waals surface area contributed by atoms with Crippen molar-refractivity contribution >= 4 is 5.78 Å². The van der Waals surface area contributed by atoms with Crippen LogP contribution in [0.25, 0.3) is 0 Å². The predicted octanol–water partition coefficient (Wildman–Crippen LogP) is 5.64. The molecular weight excluding hydrogens is 248 g/mol. The van der Waals surface area contributed by atoms with Crippen molar-refractivity contribution < 1.29 is 9.53 Å². The van der Waals surface area contributed by atoms with Gasteiger partial charge in [-0.15, -0.1) is 0 Å². The quantitative estimate of drug-likeness (QED) is 0.590. The number of carbonyl (C=O) groups excluding carboxylic acids is 1. The molecule has 0 bridgehead atoms. The Balaban J connectivity index is 0. The molecule has 0 spiro atoms. The van der Waals surface area contributed by atoms with Gasteiger partial charge in [-0.1, -0.05) is 53.9 Å². The van der Waals surface area contributed by atoms with Crippen molar-refractivity contribution in [3.05, 3.63) is 0 Å². The number of Topliss-reactive ketones (excluding diaryl/α,β-unsaturated/α-hetero) is 1. The van der Waals surface area contributed by atoms with Gasteiger partial charge >= 0.3 is 0 Å². The van der Waals surface area contributed by atoms with Gasteiger partial charge in [-0.3, -0.25) is 4.79 Å². The normalized spacial score (nSPS) is 21.1. The van der Waals surface area contributed by atoms with E-state index in [0.29, 0.717) is 17.6 Å². The average Bonchev–Trinajstić information content (AvgIpc) is 2.50. The van der Waals surface area contributed by atoms with Crippen LogP contribution in [0.15, 0.2) is 0 Å². The molecular formula is C18H38O2. The van der Waals surface area contributed by atoms with Gasteiger partial charge in [0.15, 0.2) is 0 Å². The first-order chi connectivity index (χ1) is 9.67. The summed E-state index contributed by atoms with van der Waals surface area (Å²) >= 11 is 0. The molecule has 2 atom stereocenters. The zero-order valence-electron chi connectivity index (χ0n) is 14.8. The lowest BCUT2D eigenvalue weighted by molar-refractivity contribution is -0.123. The summed E-state index contributed by atoms with van der Waals surface area (Å²) in [7, 11) is 0. The fourth-order valence-corrected chi connectivity index (χ4v) is 2.62. The maximum atomic E-state index is 11.2. The number of hydrogen-bond acceptors (Lipinski definition) is 2. The lowest BCUT2D eigenvalue weighted by Crippen LogP contribution is -2.24. The van der Waals surface area contributed by atoms with E-state index < -0.39 is 0 Å². The molecule has 1 rings (SSSR count). The molecule has 0 unspecified atom stereocenters. The second-order valence-electron chi connectivity index (χ2n) is 5.28. The Hall–Kier alpha value is -0.370. The third-order valence-electron chi connectivity index (χ3n) is 3.65. The molecule has 1 aliphatic rings. The molecule has 2 nitrogen and oxygen atoms in total. The molecule has 20 heavy (non-hydrogen) atoms. The van der Waals surface area contributed by atoms with Gasteiger partial charge in [-0.25, -0.2) is 0 Å². The van der Waals surface area contributed by atoms with Gasteiger partial charge in [-0.05, 0) is 38.5 Å². The second kappa shape index (κ2) is 16.7. The number of carbonyl (C=O) groups is 1. The summed E-state index contributed by atoms with van der Waals surface area (Å²) in [4.78, 5) is 11.2. The van der Waals surface area contributed by atoms with E-state index >= 15 is 0 Å². The fourth-order valence-electron chi connectivity index (χ4n) is 2.62. The van der Waals surface area contributed by atoms with E-state index in [9.17, 15) is 4.79 Å². The Morgan fingerprint density at radius 1 is 1.00 bits per heavy atom. The highest BCUT2D eigenvalue weighted by Gasteiger charge is 2.26. The van der Waals surface area contributed by atoms with Crippen LogP contribution in [0.1, 0.15) is 86.5 Å². The SMILES string of the molecule is CC.CCCOCCC.CC[C@H]1CCCC[C@H]1C(C)=O. The van der Waals surface area contributed by atoms with Crippen molar-refractivity contribution in [1.82, 2.24) is 0 Å². The molecule has 1 saturated carbocycles. The maximum Gasteiger partial charge on any atom is 0.133 e. The summed E-state index contributed by atoms with van der Waals surface area (Å²) < 4.78 is 5.13. The highest BCUT2D eigenvalue weighted by atomic mass is 16.5. The lowest BCUT2D eigenvalue weighted by Gasteiger charge is -2.28. The molecule has 1 aliphatic carbocycles. The van der Waals surface area contributed by atoms with Crippen molar-refractivity contribution in [2.75, 3.05) is 13.2 Å². The molecule has 0 aromatic carbocycles. The van der Waals surface area contributed by atoms with Crippen LogP contribution in [0, 0.1) is 11.8 Å². The third-order valence-corrected chi connectivity index (χ3v) is 3.65. The summed E-state index contributed by atoms with van der Waals surface area (Å²) in [5, 5.41) is 0. The molecule has 0 saturated heterocycles. The van der Waals surface area contributed by atoms with E-state index in [1.165, 1.54) is 25.7 Å². The van der Waals surface area contributed by atoms with Crippen molar-refractivity contribution in [3.63, 3.8) is 0 Å². The monoisotopic (exact) mass is 286 g/mol. The minimum absolute atomic E-state index is 0.397. The van der Waals surface area contributed by atoms with E-state index in [1.54, 1.807) is 6.92 Å². The largest absolute Gasteiger partial charge is 0.381 e. The highest BCUT2D eigenvalue weighted by Crippen LogP contribution is 2.32. The molecule has 0 amide bonds. The van der Waals surface area contributed by atoms with Gasteiger partial charge in [-0.2, -0.15) is 0 Å². The van der Waals surface area contributed by atoms with Gasteiger partial charge in [0.1, 0.15) is 5.78 Å². The van der Waals surface area contributed by atoms with Crippen LogP contribution >= 0.6 is 0 Å². The smallest absolute Gasteiger partial charge is 0.133 e. The van der Waals surface area contributed by atoms with Crippen LogP contribution in [0.3, 0.4) is 0 Å². The van der Waals surface area contributed by atoms with Crippen LogP contribution < -0.4 is 0 Å². The van der Waals surface area contributed by atoms with Gasteiger partial charge in [0.25, 0.3) is 0 Å². The van der Waals surface area contributed by atoms with Gasteiger partial charge in [0, 0.05) is 19.1 Å². The second-order valence-corrected chi connectivity index (χ2v) is 5.28. The molecule has 0 heterocycles. The van der Waals surface area contributed by atoms with E-state index in [4.69, 9.17) is 4.74 Å². The summed E-state index contributed by atoms with van der Waals surface area (Å²) in [6, 6.07) is 0. The van der Waals surface area contributed by atoms with Crippen LogP contribution in [-0.4, -0.2) is 19.0 Å². The fraction of sp³-hybridized carbons (Fsp3) is 0.944. The van der Waals surface area contributed by atoms with Crippen LogP contribution in [-0.2, 0) is 9.53 Å². The van der Waals surface area contributed by atoms with E-state index in [-0.39, 0.29) is 0 Å². The standard InChI is InChI=1S/C10H18O.C6H14O.C2H6/c1-3-9-6-4-5-7-10(9)8(2)11;1-3-5-7-6-4-2;1-2/h9-10H,3-7H2,1-2H3;3-6H2,1-2H3;1-2H3/t9-,10-;;/m0../s1. The van der Waals surface area contributed by atoms with Crippen molar-refractivity contribution in [3.8, 4) is 0 Å². The minimum atomic E-state index is 0.397. The third kappa shape index (κ3) is 11.5. The molecule has 0 aromatic rings. The van der Waals surface area contributed by atoms with Crippen molar-refractivity contribution in [2.45, 2.75) is 86.5 Å². The van der Waals surface area contributed by atoms with Gasteiger partial charge < -0.3 is 4.74 Å². The van der Waals surface area contributed by atoms with Crippen molar-refractivity contribution in [2.24, 2.45) is 11.8 Å².